The molecule has 2 fully saturated rings. The molecule has 5 heteroatoms. The van der Waals surface area contributed by atoms with E-state index >= 15 is 0 Å². The number of hydrogen-bond donors (Lipinski definition) is 1. The number of Topliss-reactive ketones (excluding diaryl/α,β-unsaturated/α-hetero) is 1. The largest absolute Gasteiger partial charge is 0.387 e. The Bertz CT molecular complexity index is 420. The molecule has 4 atom stereocenters. The minimum Gasteiger partial charge on any atom is -0.387 e. The Morgan fingerprint density at radius 3 is 2.57 bits per heavy atom. The summed E-state index contributed by atoms with van der Waals surface area (Å²) in [4.78, 5) is 15.0. The van der Waals surface area contributed by atoms with Gasteiger partial charge < -0.3 is 19.5 Å². The maximum absolute atomic E-state index is 12.7. The van der Waals surface area contributed by atoms with Gasteiger partial charge in [-0.15, -0.1) is 0 Å². The maximum atomic E-state index is 12.7. The Morgan fingerprint density at radius 1 is 1.35 bits per heavy atom. The first-order valence-corrected chi connectivity index (χ1v) is 8.98. The van der Waals surface area contributed by atoms with Crippen molar-refractivity contribution in [3.63, 3.8) is 0 Å². The molecule has 4 unspecified atom stereocenters. The Morgan fingerprint density at radius 2 is 2.04 bits per heavy atom. The number of aliphatic hydroxyl groups excluding tert-OH is 1. The van der Waals surface area contributed by atoms with Gasteiger partial charge in [-0.2, -0.15) is 0 Å². The molecule has 1 heterocycles. The van der Waals surface area contributed by atoms with Gasteiger partial charge in [0.05, 0.1) is 12.7 Å². The molecular formula is C18H33NO4. The molecule has 1 saturated carbocycles. The number of ketones is 1. The van der Waals surface area contributed by atoms with Gasteiger partial charge >= 0.3 is 0 Å². The van der Waals surface area contributed by atoms with E-state index in [9.17, 15) is 9.90 Å². The minimum absolute atomic E-state index is 0.00358. The number of aliphatic hydroxyl groups is 1. The van der Waals surface area contributed by atoms with E-state index in [4.69, 9.17) is 9.47 Å². The van der Waals surface area contributed by atoms with Crippen molar-refractivity contribution >= 4 is 5.78 Å². The Hall–Kier alpha value is -0.490. The van der Waals surface area contributed by atoms with Crippen LogP contribution in [0.4, 0.5) is 0 Å². The van der Waals surface area contributed by atoms with Crippen LogP contribution in [0, 0.1) is 11.3 Å². The van der Waals surface area contributed by atoms with Crippen LogP contribution in [0.2, 0.25) is 0 Å². The smallest absolute Gasteiger partial charge is 0.256 e. The second-order valence-corrected chi connectivity index (χ2v) is 8.05. The van der Waals surface area contributed by atoms with Crippen LogP contribution in [-0.4, -0.2) is 60.0 Å². The summed E-state index contributed by atoms with van der Waals surface area (Å²) in [5, 5.41) is 10.6. The summed E-state index contributed by atoms with van der Waals surface area (Å²) >= 11 is 0. The number of ether oxygens (including phenoxy) is 2. The zero-order chi connectivity index (χ0) is 17.3. The highest BCUT2D eigenvalue weighted by molar-refractivity contribution is 5.88. The molecular weight excluding hydrogens is 294 g/mol. The summed E-state index contributed by atoms with van der Waals surface area (Å²) in [5.74, 6) is -1.36. The van der Waals surface area contributed by atoms with Crippen LogP contribution in [0.1, 0.15) is 53.9 Å². The van der Waals surface area contributed by atoms with E-state index in [1.165, 1.54) is 0 Å². The highest BCUT2D eigenvalue weighted by Crippen LogP contribution is 2.44. The molecule has 1 N–H and O–H groups in total. The van der Waals surface area contributed by atoms with Crippen molar-refractivity contribution in [3.05, 3.63) is 0 Å². The van der Waals surface area contributed by atoms with Crippen molar-refractivity contribution in [1.82, 2.24) is 4.90 Å². The van der Waals surface area contributed by atoms with Crippen LogP contribution in [0.3, 0.4) is 0 Å². The lowest BCUT2D eigenvalue weighted by atomic mass is 9.69. The third kappa shape index (κ3) is 3.95. The standard InChI is InChI=1S/C18H33NO4/c1-6-8-19(7-2)11-14-12-22-18(23-14)15(20)9-13(10-16(18)21)17(3,4)5/h13-15,20H,6-12H2,1-5H3. The van der Waals surface area contributed by atoms with Gasteiger partial charge in [0.1, 0.15) is 6.10 Å². The summed E-state index contributed by atoms with van der Waals surface area (Å²) < 4.78 is 11.7. The summed E-state index contributed by atoms with van der Waals surface area (Å²) in [5.41, 5.74) is -0.00358. The van der Waals surface area contributed by atoms with Gasteiger partial charge in [0, 0.05) is 13.0 Å². The van der Waals surface area contributed by atoms with Crippen molar-refractivity contribution in [3.8, 4) is 0 Å². The average Bonchev–Trinajstić information content (AvgIpc) is 2.88. The Kier molecular flexibility index (Phi) is 5.88. The molecule has 134 valence electrons. The van der Waals surface area contributed by atoms with Gasteiger partial charge in [-0.1, -0.05) is 34.6 Å². The van der Waals surface area contributed by atoms with Crippen LogP contribution in [0.25, 0.3) is 0 Å². The van der Waals surface area contributed by atoms with Crippen LogP contribution >= 0.6 is 0 Å². The SMILES string of the molecule is CCCN(CC)CC1COC2(O1)C(=O)CC(C(C)(C)C)CC2O. The molecule has 1 aliphatic carbocycles. The Balaban J connectivity index is 2.02. The molecule has 5 nitrogen and oxygen atoms in total. The van der Waals surface area contributed by atoms with Crippen molar-refractivity contribution in [2.24, 2.45) is 11.3 Å². The third-order valence-electron chi connectivity index (χ3n) is 5.27. The van der Waals surface area contributed by atoms with Gasteiger partial charge in [0.2, 0.25) is 0 Å². The molecule has 1 aliphatic heterocycles. The van der Waals surface area contributed by atoms with E-state index in [0.717, 1.165) is 26.1 Å². The van der Waals surface area contributed by atoms with Crippen LogP contribution in [0.5, 0.6) is 0 Å². The topological polar surface area (TPSA) is 59.0 Å². The fourth-order valence-electron chi connectivity index (χ4n) is 3.65. The minimum atomic E-state index is -1.42. The highest BCUT2D eigenvalue weighted by atomic mass is 16.8. The lowest BCUT2D eigenvalue weighted by Gasteiger charge is -2.42. The van der Waals surface area contributed by atoms with E-state index in [-0.39, 0.29) is 23.2 Å². The molecule has 0 bridgehead atoms. The van der Waals surface area contributed by atoms with E-state index in [0.29, 0.717) is 19.4 Å². The lowest BCUT2D eigenvalue weighted by Crippen LogP contribution is -2.57. The third-order valence-corrected chi connectivity index (χ3v) is 5.27. The van der Waals surface area contributed by atoms with Crippen LogP contribution < -0.4 is 0 Å². The second-order valence-electron chi connectivity index (χ2n) is 8.05. The molecule has 1 saturated heterocycles. The molecule has 2 aliphatic rings. The summed E-state index contributed by atoms with van der Waals surface area (Å²) in [6, 6.07) is 0. The molecule has 0 aromatic rings. The molecule has 0 aromatic carbocycles. The van der Waals surface area contributed by atoms with E-state index in [1.807, 2.05) is 0 Å². The molecule has 1 spiro atoms. The maximum Gasteiger partial charge on any atom is 0.256 e. The van der Waals surface area contributed by atoms with Gasteiger partial charge in [-0.25, -0.2) is 0 Å². The van der Waals surface area contributed by atoms with E-state index < -0.39 is 11.9 Å². The van der Waals surface area contributed by atoms with Crippen LogP contribution in [0.15, 0.2) is 0 Å². The fourth-order valence-corrected chi connectivity index (χ4v) is 3.65. The predicted octanol–water partition coefficient (Wildman–Crippen LogP) is 2.22. The van der Waals surface area contributed by atoms with E-state index in [1.54, 1.807) is 0 Å². The summed E-state index contributed by atoms with van der Waals surface area (Å²) in [6.07, 6.45) is 1.03. The number of rotatable bonds is 5. The average molecular weight is 327 g/mol. The van der Waals surface area contributed by atoms with Crippen molar-refractivity contribution < 1.29 is 19.4 Å². The van der Waals surface area contributed by atoms with Crippen LogP contribution in [-0.2, 0) is 14.3 Å². The Labute approximate surface area is 140 Å². The fraction of sp³-hybridized carbons (Fsp3) is 0.944. The van der Waals surface area contributed by atoms with Crippen molar-refractivity contribution in [1.29, 1.82) is 0 Å². The molecule has 23 heavy (non-hydrogen) atoms. The zero-order valence-corrected chi connectivity index (χ0v) is 15.3. The monoisotopic (exact) mass is 327 g/mol. The molecule has 0 amide bonds. The summed E-state index contributed by atoms with van der Waals surface area (Å²) in [7, 11) is 0. The van der Waals surface area contributed by atoms with Gasteiger partial charge in [-0.05, 0) is 37.3 Å². The predicted molar refractivity (Wildman–Crippen MR) is 89.2 cm³/mol. The quantitative estimate of drug-likeness (QED) is 0.839. The van der Waals surface area contributed by atoms with Gasteiger partial charge in [-0.3, -0.25) is 4.79 Å². The zero-order valence-electron chi connectivity index (χ0n) is 15.3. The molecule has 2 rings (SSSR count). The van der Waals surface area contributed by atoms with Crippen molar-refractivity contribution in [2.75, 3.05) is 26.2 Å². The number of hydrogen-bond acceptors (Lipinski definition) is 5. The number of carbonyl (C=O) groups excluding carboxylic acids is 1. The van der Waals surface area contributed by atoms with Gasteiger partial charge in [0.25, 0.3) is 5.79 Å². The number of nitrogens with zero attached hydrogens (tertiary/aromatic N) is 1. The van der Waals surface area contributed by atoms with E-state index in [2.05, 4.69) is 39.5 Å². The second kappa shape index (κ2) is 7.18. The number of likely N-dealkylation sites (N-methyl/N-ethyl adjacent to an activating group) is 1. The summed E-state index contributed by atoms with van der Waals surface area (Å²) in [6.45, 7) is 13.7. The number of carbonyl (C=O) groups is 1. The first-order chi connectivity index (χ1) is 10.7. The van der Waals surface area contributed by atoms with Crippen molar-refractivity contribution in [2.45, 2.75) is 71.9 Å². The van der Waals surface area contributed by atoms with Gasteiger partial charge in [0.15, 0.2) is 5.78 Å². The lowest BCUT2D eigenvalue weighted by molar-refractivity contribution is -0.237. The molecule has 0 radical (unpaired) electrons. The first kappa shape index (κ1) is 18.8. The molecule has 0 aromatic heterocycles. The normalized spacial score (nSPS) is 35.4. The highest BCUT2D eigenvalue weighted by Gasteiger charge is 2.57. The first-order valence-electron chi connectivity index (χ1n) is 8.98.